The zero-order chi connectivity index (χ0) is 15.7. The van der Waals surface area contributed by atoms with Crippen LogP contribution in [0.15, 0.2) is 48.7 Å². The third-order valence-corrected chi connectivity index (χ3v) is 3.76. The van der Waals surface area contributed by atoms with Crippen molar-refractivity contribution in [3.8, 4) is 5.75 Å². The second kappa shape index (κ2) is 5.64. The standard InChI is InChI=1S/C18H16FNO2/c1-12(21)15-11-20(10-13-6-3-4-8-16(13)19)18-14(15)7-5-9-17(18)22-2/h3-9,11H,10H2,1-2H3. The maximum atomic E-state index is 13.9. The number of ketones is 1. The quantitative estimate of drug-likeness (QED) is 0.681. The number of rotatable bonds is 4. The SMILES string of the molecule is COc1cccc2c(C(C)=O)cn(Cc3ccccc3F)c12. The lowest BCUT2D eigenvalue weighted by atomic mass is 10.1. The molecule has 0 atom stereocenters. The van der Waals surface area contributed by atoms with E-state index < -0.39 is 0 Å². The van der Waals surface area contributed by atoms with E-state index in [0.29, 0.717) is 23.4 Å². The van der Waals surface area contributed by atoms with Gasteiger partial charge in [-0.05, 0) is 19.1 Å². The number of hydrogen-bond donors (Lipinski definition) is 0. The van der Waals surface area contributed by atoms with Crippen LogP contribution in [-0.2, 0) is 6.54 Å². The number of benzene rings is 2. The van der Waals surface area contributed by atoms with Gasteiger partial charge in [0.05, 0.1) is 19.2 Å². The molecule has 0 amide bonds. The highest BCUT2D eigenvalue weighted by Gasteiger charge is 2.16. The van der Waals surface area contributed by atoms with Gasteiger partial charge in [-0.3, -0.25) is 4.79 Å². The number of nitrogens with zero attached hydrogens (tertiary/aromatic N) is 1. The molecule has 1 aromatic heterocycles. The van der Waals surface area contributed by atoms with Crippen molar-refractivity contribution in [1.82, 2.24) is 4.57 Å². The Morgan fingerprint density at radius 3 is 2.64 bits per heavy atom. The van der Waals surface area contributed by atoms with Crippen molar-refractivity contribution in [3.05, 3.63) is 65.6 Å². The van der Waals surface area contributed by atoms with Crippen molar-refractivity contribution in [2.24, 2.45) is 0 Å². The molecule has 0 saturated heterocycles. The summed E-state index contributed by atoms with van der Waals surface area (Å²) in [6.07, 6.45) is 1.77. The number of hydrogen-bond acceptors (Lipinski definition) is 2. The van der Waals surface area contributed by atoms with Crippen LogP contribution in [0.1, 0.15) is 22.8 Å². The van der Waals surface area contributed by atoms with Gasteiger partial charge in [0.1, 0.15) is 11.6 Å². The fourth-order valence-electron chi connectivity index (χ4n) is 2.71. The van der Waals surface area contributed by atoms with E-state index in [1.807, 2.05) is 22.8 Å². The Morgan fingerprint density at radius 2 is 1.95 bits per heavy atom. The molecule has 112 valence electrons. The van der Waals surface area contributed by atoms with Crippen LogP contribution in [0.25, 0.3) is 10.9 Å². The summed E-state index contributed by atoms with van der Waals surface area (Å²) in [5.41, 5.74) is 1.99. The van der Waals surface area contributed by atoms with Crippen LogP contribution >= 0.6 is 0 Å². The zero-order valence-electron chi connectivity index (χ0n) is 12.5. The lowest BCUT2D eigenvalue weighted by molar-refractivity contribution is 0.101. The Hall–Kier alpha value is -2.62. The summed E-state index contributed by atoms with van der Waals surface area (Å²) >= 11 is 0. The van der Waals surface area contributed by atoms with Crippen LogP contribution in [0.4, 0.5) is 4.39 Å². The van der Waals surface area contributed by atoms with E-state index in [4.69, 9.17) is 4.74 Å². The molecule has 3 nitrogen and oxygen atoms in total. The number of carbonyl (C=O) groups is 1. The summed E-state index contributed by atoms with van der Waals surface area (Å²) < 4.78 is 21.2. The molecular formula is C18H16FNO2. The number of aromatic nitrogens is 1. The highest BCUT2D eigenvalue weighted by molar-refractivity contribution is 6.08. The van der Waals surface area contributed by atoms with E-state index in [2.05, 4.69) is 0 Å². The number of carbonyl (C=O) groups excluding carboxylic acids is 1. The molecule has 4 heteroatoms. The molecule has 2 aromatic carbocycles. The highest BCUT2D eigenvalue weighted by Crippen LogP contribution is 2.31. The molecule has 0 aliphatic rings. The average molecular weight is 297 g/mol. The predicted octanol–water partition coefficient (Wildman–Crippen LogP) is 4.04. The van der Waals surface area contributed by atoms with E-state index >= 15 is 0 Å². The first-order valence-electron chi connectivity index (χ1n) is 7.02. The molecule has 0 bridgehead atoms. The first-order valence-corrected chi connectivity index (χ1v) is 7.02. The summed E-state index contributed by atoms with van der Waals surface area (Å²) in [4.78, 5) is 11.9. The molecule has 1 heterocycles. The second-order valence-corrected chi connectivity index (χ2v) is 5.17. The van der Waals surface area contributed by atoms with Gasteiger partial charge in [0.25, 0.3) is 0 Å². The van der Waals surface area contributed by atoms with E-state index in [-0.39, 0.29) is 11.6 Å². The lowest BCUT2D eigenvalue weighted by Crippen LogP contribution is -2.01. The van der Waals surface area contributed by atoms with Gasteiger partial charge in [-0.25, -0.2) is 4.39 Å². The van der Waals surface area contributed by atoms with Gasteiger partial charge in [0.15, 0.2) is 5.78 Å². The number of ether oxygens (including phenoxy) is 1. The van der Waals surface area contributed by atoms with Crippen molar-refractivity contribution in [3.63, 3.8) is 0 Å². The van der Waals surface area contributed by atoms with E-state index in [0.717, 1.165) is 10.9 Å². The monoisotopic (exact) mass is 297 g/mol. The second-order valence-electron chi connectivity index (χ2n) is 5.17. The first-order chi connectivity index (χ1) is 10.6. The number of Topliss-reactive ketones (excluding diaryl/α,β-unsaturated/α-hetero) is 1. The van der Waals surface area contributed by atoms with Crippen LogP contribution in [0.5, 0.6) is 5.75 Å². The maximum absolute atomic E-state index is 13.9. The molecule has 0 fully saturated rings. The summed E-state index contributed by atoms with van der Waals surface area (Å²) in [5.74, 6) is 0.385. The normalized spacial score (nSPS) is 10.9. The molecule has 0 saturated carbocycles. The van der Waals surface area contributed by atoms with Gasteiger partial charge >= 0.3 is 0 Å². The minimum Gasteiger partial charge on any atom is -0.495 e. The molecule has 3 rings (SSSR count). The highest BCUT2D eigenvalue weighted by atomic mass is 19.1. The van der Waals surface area contributed by atoms with Gasteiger partial charge in [-0.2, -0.15) is 0 Å². The molecule has 0 aliphatic carbocycles. The van der Waals surface area contributed by atoms with Crippen LogP contribution in [0.2, 0.25) is 0 Å². The van der Waals surface area contributed by atoms with Crippen LogP contribution in [-0.4, -0.2) is 17.5 Å². The Morgan fingerprint density at radius 1 is 1.18 bits per heavy atom. The van der Waals surface area contributed by atoms with Gasteiger partial charge in [-0.1, -0.05) is 30.3 Å². The maximum Gasteiger partial charge on any atom is 0.161 e. The van der Waals surface area contributed by atoms with Gasteiger partial charge in [0, 0.05) is 22.7 Å². The van der Waals surface area contributed by atoms with E-state index in [1.165, 1.54) is 13.0 Å². The van der Waals surface area contributed by atoms with Crippen molar-refractivity contribution in [1.29, 1.82) is 0 Å². The third kappa shape index (κ3) is 2.37. The van der Waals surface area contributed by atoms with Crippen molar-refractivity contribution >= 4 is 16.7 Å². The van der Waals surface area contributed by atoms with Crippen molar-refractivity contribution < 1.29 is 13.9 Å². The number of para-hydroxylation sites is 1. The fraction of sp³-hybridized carbons (Fsp3) is 0.167. The molecule has 0 spiro atoms. The predicted molar refractivity (Wildman–Crippen MR) is 84.0 cm³/mol. The minimum absolute atomic E-state index is 0.0227. The lowest BCUT2D eigenvalue weighted by Gasteiger charge is -2.09. The molecular weight excluding hydrogens is 281 g/mol. The molecule has 0 radical (unpaired) electrons. The average Bonchev–Trinajstić information content (AvgIpc) is 2.89. The molecule has 0 aliphatic heterocycles. The van der Waals surface area contributed by atoms with Crippen LogP contribution in [0, 0.1) is 5.82 Å². The molecule has 0 N–H and O–H groups in total. The van der Waals surface area contributed by atoms with E-state index in [9.17, 15) is 9.18 Å². The summed E-state index contributed by atoms with van der Waals surface area (Å²) in [5, 5.41) is 0.822. The van der Waals surface area contributed by atoms with Gasteiger partial charge in [-0.15, -0.1) is 0 Å². The van der Waals surface area contributed by atoms with E-state index in [1.54, 1.807) is 31.5 Å². The van der Waals surface area contributed by atoms with Gasteiger partial charge < -0.3 is 9.30 Å². The van der Waals surface area contributed by atoms with Crippen molar-refractivity contribution in [2.45, 2.75) is 13.5 Å². The summed E-state index contributed by atoms with van der Waals surface area (Å²) in [7, 11) is 1.59. The topological polar surface area (TPSA) is 31.2 Å². The van der Waals surface area contributed by atoms with Crippen molar-refractivity contribution in [2.75, 3.05) is 7.11 Å². The molecule has 22 heavy (non-hydrogen) atoms. The smallest absolute Gasteiger partial charge is 0.161 e. The molecule has 0 unspecified atom stereocenters. The van der Waals surface area contributed by atoms with Crippen LogP contribution in [0.3, 0.4) is 0 Å². The Bertz CT molecular complexity index is 851. The van der Waals surface area contributed by atoms with Crippen LogP contribution < -0.4 is 4.74 Å². The Kier molecular flexibility index (Phi) is 3.67. The zero-order valence-corrected chi connectivity index (χ0v) is 12.5. The fourth-order valence-corrected chi connectivity index (χ4v) is 2.71. The number of halogens is 1. The van der Waals surface area contributed by atoms with Gasteiger partial charge in [0.2, 0.25) is 0 Å². The summed E-state index contributed by atoms with van der Waals surface area (Å²) in [6, 6.07) is 12.2. The number of fused-ring (bicyclic) bond motifs is 1. The third-order valence-electron chi connectivity index (χ3n) is 3.76. The Labute approximate surface area is 127 Å². The number of methoxy groups -OCH3 is 1. The summed E-state index contributed by atoms with van der Waals surface area (Å²) in [6.45, 7) is 1.87. The molecule has 3 aromatic rings. The largest absolute Gasteiger partial charge is 0.495 e. The minimum atomic E-state index is -0.261. The first kappa shape index (κ1) is 14.3. The Balaban J connectivity index is 2.21.